The van der Waals surface area contributed by atoms with Crippen molar-refractivity contribution in [3.05, 3.63) is 35.4 Å². The molecule has 0 aliphatic heterocycles. The largest absolute Gasteiger partial charge is 0.416 e. The third-order valence-electron chi connectivity index (χ3n) is 2.49. The van der Waals surface area contributed by atoms with Gasteiger partial charge in [-0.3, -0.25) is 4.79 Å². The van der Waals surface area contributed by atoms with Crippen LogP contribution in [0.4, 0.5) is 13.2 Å². The maximum Gasteiger partial charge on any atom is 0.416 e. The molecule has 1 aromatic rings. The van der Waals surface area contributed by atoms with Crippen LogP contribution in [0.5, 0.6) is 0 Å². The molecular formula is C11H11F3O3S. The number of halogens is 3. The zero-order valence-electron chi connectivity index (χ0n) is 9.65. The molecule has 0 bridgehead atoms. The Labute approximate surface area is 103 Å². The Hall–Kier alpha value is -1.37. The average molecular weight is 280 g/mol. The van der Waals surface area contributed by atoms with Gasteiger partial charge in [0.05, 0.1) is 5.56 Å². The first-order chi connectivity index (χ1) is 8.03. The molecule has 0 fully saturated rings. The maximum absolute atomic E-state index is 12.4. The van der Waals surface area contributed by atoms with Crippen LogP contribution >= 0.6 is 0 Å². The standard InChI is InChI=1S/C11H11F3O3S/c1-7(18(2,16)17)10(15)8-4-3-5-9(6-8)11(12,13)14/h3-7H,1-2H3. The van der Waals surface area contributed by atoms with Gasteiger partial charge in [0.1, 0.15) is 5.25 Å². The number of carbonyl (C=O) groups is 1. The van der Waals surface area contributed by atoms with E-state index in [1.807, 2.05) is 0 Å². The molecular weight excluding hydrogens is 269 g/mol. The van der Waals surface area contributed by atoms with Crippen LogP contribution in [0.3, 0.4) is 0 Å². The van der Waals surface area contributed by atoms with Crippen LogP contribution in [0.15, 0.2) is 24.3 Å². The molecule has 0 aliphatic carbocycles. The van der Waals surface area contributed by atoms with E-state index in [9.17, 15) is 26.4 Å². The summed E-state index contributed by atoms with van der Waals surface area (Å²) in [6, 6.07) is 3.72. The molecule has 0 saturated carbocycles. The number of sulfone groups is 1. The minimum absolute atomic E-state index is 0.261. The molecule has 0 N–H and O–H groups in total. The van der Waals surface area contributed by atoms with E-state index in [0.29, 0.717) is 6.07 Å². The van der Waals surface area contributed by atoms with Gasteiger partial charge in [-0.2, -0.15) is 13.2 Å². The Kier molecular flexibility index (Phi) is 3.85. The number of ketones is 1. The predicted octanol–water partition coefficient (Wildman–Crippen LogP) is 2.32. The third kappa shape index (κ3) is 3.32. The van der Waals surface area contributed by atoms with Crippen LogP contribution in [0.25, 0.3) is 0 Å². The number of benzene rings is 1. The van der Waals surface area contributed by atoms with Crippen LogP contribution in [-0.4, -0.2) is 25.7 Å². The van der Waals surface area contributed by atoms with Gasteiger partial charge in [0, 0.05) is 11.8 Å². The summed E-state index contributed by atoms with van der Waals surface area (Å²) in [5, 5.41) is -1.36. The number of hydrogen-bond donors (Lipinski definition) is 0. The highest BCUT2D eigenvalue weighted by atomic mass is 32.2. The zero-order valence-corrected chi connectivity index (χ0v) is 10.5. The minimum Gasteiger partial charge on any atom is -0.293 e. The molecule has 100 valence electrons. The molecule has 0 aliphatic rings. The van der Waals surface area contributed by atoms with E-state index in [0.717, 1.165) is 25.3 Å². The number of hydrogen-bond acceptors (Lipinski definition) is 3. The third-order valence-corrected chi connectivity index (χ3v) is 3.98. The van der Waals surface area contributed by atoms with Crippen molar-refractivity contribution in [1.82, 2.24) is 0 Å². The molecule has 0 spiro atoms. The highest BCUT2D eigenvalue weighted by molar-refractivity contribution is 7.92. The SMILES string of the molecule is CC(C(=O)c1cccc(C(F)(F)F)c1)S(C)(=O)=O. The normalized spacial score (nSPS) is 14.3. The first-order valence-corrected chi connectivity index (χ1v) is 6.89. The number of Topliss-reactive ketones (excluding diaryl/α,β-unsaturated/α-hetero) is 1. The van der Waals surface area contributed by atoms with E-state index in [1.165, 1.54) is 6.07 Å². The van der Waals surface area contributed by atoms with E-state index in [2.05, 4.69) is 0 Å². The van der Waals surface area contributed by atoms with Gasteiger partial charge in [0.25, 0.3) is 0 Å². The molecule has 0 saturated heterocycles. The second-order valence-electron chi connectivity index (χ2n) is 3.91. The lowest BCUT2D eigenvalue weighted by Crippen LogP contribution is -2.26. The quantitative estimate of drug-likeness (QED) is 0.798. The second kappa shape index (κ2) is 4.72. The summed E-state index contributed by atoms with van der Waals surface area (Å²) in [6.07, 6.45) is -3.70. The minimum atomic E-state index is -4.56. The molecule has 1 rings (SSSR count). The van der Waals surface area contributed by atoms with E-state index in [4.69, 9.17) is 0 Å². The smallest absolute Gasteiger partial charge is 0.293 e. The fraction of sp³-hybridized carbons (Fsp3) is 0.364. The van der Waals surface area contributed by atoms with Gasteiger partial charge in [0.15, 0.2) is 15.6 Å². The molecule has 7 heteroatoms. The maximum atomic E-state index is 12.4. The van der Waals surface area contributed by atoms with Crippen LogP contribution in [0.1, 0.15) is 22.8 Å². The highest BCUT2D eigenvalue weighted by Crippen LogP contribution is 2.29. The highest BCUT2D eigenvalue weighted by Gasteiger charge is 2.32. The van der Waals surface area contributed by atoms with Crippen molar-refractivity contribution in [3.63, 3.8) is 0 Å². The van der Waals surface area contributed by atoms with E-state index < -0.39 is 32.6 Å². The zero-order chi connectivity index (χ0) is 14.1. The summed E-state index contributed by atoms with van der Waals surface area (Å²) >= 11 is 0. The first-order valence-electron chi connectivity index (χ1n) is 4.94. The van der Waals surface area contributed by atoms with Crippen molar-refractivity contribution in [3.8, 4) is 0 Å². The first kappa shape index (κ1) is 14.7. The lowest BCUT2D eigenvalue weighted by molar-refractivity contribution is -0.137. The summed E-state index contributed by atoms with van der Waals surface area (Å²) in [7, 11) is -3.63. The molecule has 1 atom stereocenters. The van der Waals surface area contributed by atoms with Gasteiger partial charge in [-0.1, -0.05) is 12.1 Å². The lowest BCUT2D eigenvalue weighted by atomic mass is 10.1. The molecule has 0 heterocycles. The molecule has 1 aromatic carbocycles. The van der Waals surface area contributed by atoms with Gasteiger partial charge < -0.3 is 0 Å². The molecule has 18 heavy (non-hydrogen) atoms. The van der Waals surface area contributed by atoms with Crippen molar-refractivity contribution in [2.24, 2.45) is 0 Å². The van der Waals surface area contributed by atoms with Crippen molar-refractivity contribution in [2.75, 3.05) is 6.26 Å². The van der Waals surface area contributed by atoms with Crippen LogP contribution in [0, 0.1) is 0 Å². The van der Waals surface area contributed by atoms with Crippen molar-refractivity contribution < 1.29 is 26.4 Å². The van der Waals surface area contributed by atoms with E-state index in [-0.39, 0.29) is 5.56 Å². The van der Waals surface area contributed by atoms with E-state index in [1.54, 1.807) is 0 Å². The molecule has 3 nitrogen and oxygen atoms in total. The van der Waals surface area contributed by atoms with Gasteiger partial charge in [-0.05, 0) is 19.1 Å². The van der Waals surface area contributed by atoms with Crippen LogP contribution in [-0.2, 0) is 16.0 Å². The van der Waals surface area contributed by atoms with Gasteiger partial charge in [-0.25, -0.2) is 8.42 Å². The van der Waals surface area contributed by atoms with Crippen molar-refractivity contribution in [1.29, 1.82) is 0 Å². The topological polar surface area (TPSA) is 51.2 Å². The summed E-state index contributed by atoms with van der Waals surface area (Å²) in [4.78, 5) is 11.7. The van der Waals surface area contributed by atoms with Crippen molar-refractivity contribution in [2.45, 2.75) is 18.3 Å². The average Bonchev–Trinajstić information content (AvgIpc) is 2.25. The van der Waals surface area contributed by atoms with Gasteiger partial charge in [-0.15, -0.1) is 0 Å². The molecule has 0 amide bonds. The fourth-order valence-electron chi connectivity index (χ4n) is 1.28. The summed E-state index contributed by atoms with van der Waals surface area (Å²) in [5.74, 6) is -0.844. The predicted molar refractivity (Wildman–Crippen MR) is 60.1 cm³/mol. The molecule has 1 unspecified atom stereocenters. The fourth-order valence-corrected chi connectivity index (χ4v) is 1.80. The Morgan fingerprint density at radius 1 is 1.28 bits per heavy atom. The summed E-state index contributed by atoms with van der Waals surface area (Å²) < 4.78 is 59.7. The molecule has 0 aromatic heterocycles. The number of alkyl halides is 3. The van der Waals surface area contributed by atoms with Crippen LogP contribution in [0.2, 0.25) is 0 Å². The summed E-state index contributed by atoms with van der Waals surface area (Å²) in [5.41, 5.74) is -1.24. The number of carbonyl (C=O) groups excluding carboxylic acids is 1. The van der Waals surface area contributed by atoms with Crippen molar-refractivity contribution >= 4 is 15.6 Å². The molecule has 0 radical (unpaired) electrons. The Bertz CT molecular complexity index is 561. The monoisotopic (exact) mass is 280 g/mol. The van der Waals surface area contributed by atoms with Gasteiger partial charge >= 0.3 is 6.18 Å². The van der Waals surface area contributed by atoms with E-state index >= 15 is 0 Å². The van der Waals surface area contributed by atoms with Crippen LogP contribution < -0.4 is 0 Å². The Balaban J connectivity index is 3.16. The second-order valence-corrected chi connectivity index (χ2v) is 6.28. The summed E-state index contributed by atoms with van der Waals surface area (Å²) in [6.45, 7) is 1.15. The Morgan fingerprint density at radius 3 is 2.28 bits per heavy atom. The van der Waals surface area contributed by atoms with Gasteiger partial charge in [0.2, 0.25) is 0 Å². The Morgan fingerprint density at radius 2 is 1.83 bits per heavy atom. The number of rotatable bonds is 3. The lowest BCUT2D eigenvalue weighted by Gasteiger charge is -2.11.